The van der Waals surface area contributed by atoms with Crippen molar-refractivity contribution in [3.05, 3.63) is 59.9 Å². The van der Waals surface area contributed by atoms with Crippen LogP contribution in [0.5, 0.6) is 5.75 Å². The van der Waals surface area contributed by atoms with E-state index in [0.717, 1.165) is 11.1 Å². The molecular weight excluding hydrogens is 318 g/mol. The molecule has 0 N–H and O–H groups in total. The van der Waals surface area contributed by atoms with E-state index in [9.17, 15) is 9.59 Å². The molecule has 1 atom stereocenters. The Balaban J connectivity index is 2.09. The summed E-state index contributed by atoms with van der Waals surface area (Å²) in [5.74, 6) is 0.460. The second kappa shape index (κ2) is 6.93. The number of pyridine rings is 1. The molecule has 25 heavy (non-hydrogen) atoms. The van der Waals surface area contributed by atoms with Gasteiger partial charge < -0.3 is 9.64 Å². The number of ether oxygens (including phenoxy) is 1. The lowest BCUT2D eigenvalue weighted by Crippen LogP contribution is -2.39. The highest BCUT2D eigenvalue weighted by Crippen LogP contribution is 2.33. The molecule has 0 radical (unpaired) electrons. The van der Waals surface area contributed by atoms with Crippen molar-refractivity contribution >= 4 is 11.9 Å². The van der Waals surface area contributed by atoms with E-state index < -0.39 is 6.04 Å². The van der Waals surface area contributed by atoms with Crippen LogP contribution in [-0.2, 0) is 4.79 Å². The van der Waals surface area contributed by atoms with Crippen molar-refractivity contribution < 1.29 is 14.3 Å². The van der Waals surface area contributed by atoms with Crippen LogP contribution in [0.15, 0.2) is 48.8 Å². The fourth-order valence-corrected chi connectivity index (χ4v) is 3.03. The van der Waals surface area contributed by atoms with E-state index in [1.807, 2.05) is 44.2 Å². The Morgan fingerprint density at radius 1 is 1.12 bits per heavy atom. The Morgan fingerprint density at radius 3 is 2.48 bits per heavy atom. The van der Waals surface area contributed by atoms with Crippen LogP contribution in [0, 0.1) is 0 Å². The molecule has 1 aliphatic rings. The molecular formula is C19H21N3O3. The molecule has 130 valence electrons. The van der Waals surface area contributed by atoms with Gasteiger partial charge in [-0.3, -0.25) is 14.7 Å². The van der Waals surface area contributed by atoms with Gasteiger partial charge in [0.1, 0.15) is 12.3 Å². The zero-order valence-electron chi connectivity index (χ0n) is 14.5. The lowest BCUT2D eigenvalue weighted by atomic mass is 9.98. The van der Waals surface area contributed by atoms with Crippen molar-refractivity contribution in [3.8, 4) is 5.75 Å². The van der Waals surface area contributed by atoms with Gasteiger partial charge in [-0.1, -0.05) is 18.2 Å². The maximum absolute atomic E-state index is 12.9. The van der Waals surface area contributed by atoms with Gasteiger partial charge in [-0.25, -0.2) is 4.79 Å². The number of amides is 3. The van der Waals surface area contributed by atoms with Crippen molar-refractivity contribution in [2.45, 2.75) is 25.9 Å². The number of benzene rings is 1. The lowest BCUT2D eigenvalue weighted by Gasteiger charge is -2.28. The predicted octanol–water partition coefficient (Wildman–Crippen LogP) is 2.85. The minimum absolute atomic E-state index is 0.0405. The highest BCUT2D eigenvalue weighted by atomic mass is 16.5. The van der Waals surface area contributed by atoms with Gasteiger partial charge in [0.25, 0.3) is 5.91 Å². The summed E-state index contributed by atoms with van der Waals surface area (Å²) in [5.41, 5.74) is 1.59. The number of nitrogens with zero attached hydrogens (tertiary/aromatic N) is 3. The fraction of sp³-hybridized carbons (Fsp3) is 0.316. The molecule has 1 aromatic carbocycles. The standard InChI is InChI=1S/C19H21N3O3/c1-13(2)21-12-17(23)22(19(21)24)18(15-7-5-9-20-11-15)14-6-4-8-16(10-14)25-3/h4-11,13,18H,12H2,1-3H3. The summed E-state index contributed by atoms with van der Waals surface area (Å²) in [7, 11) is 1.59. The van der Waals surface area contributed by atoms with Crippen molar-refractivity contribution in [2.75, 3.05) is 13.7 Å². The molecule has 3 amide bonds. The highest BCUT2D eigenvalue weighted by molar-refractivity contribution is 6.03. The van der Waals surface area contributed by atoms with E-state index >= 15 is 0 Å². The Labute approximate surface area is 147 Å². The van der Waals surface area contributed by atoms with E-state index in [-0.39, 0.29) is 24.5 Å². The Morgan fingerprint density at radius 2 is 1.88 bits per heavy atom. The number of carbonyl (C=O) groups is 2. The van der Waals surface area contributed by atoms with Crippen LogP contribution in [0.25, 0.3) is 0 Å². The Bertz CT molecular complexity index is 776. The largest absolute Gasteiger partial charge is 0.497 e. The second-order valence-electron chi connectivity index (χ2n) is 6.23. The number of hydrogen-bond donors (Lipinski definition) is 0. The maximum Gasteiger partial charge on any atom is 0.328 e. The van der Waals surface area contributed by atoms with Gasteiger partial charge in [0.2, 0.25) is 0 Å². The summed E-state index contributed by atoms with van der Waals surface area (Å²) >= 11 is 0. The van der Waals surface area contributed by atoms with E-state index in [1.165, 1.54) is 4.90 Å². The van der Waals surface area contributed by atoms with Crippen LogP contribution in [-0.4, -0.2) is 46.4 Å². The fourth-order valence-electron chi connectivity index (χ4n) is 3.03. The molecule has 2 aromatic rings. The number of rotatable bonds is 5. The first-order chi connectivity index (χ1) is 12.0. The average molecular weight is 339 g/mol. The molecule has 0 bridgehead atoms. The number of imide groups is 1. The molecule has 0 saturated carbocycles. The van der Waals surface area contributed by atoms with Crippen LogP contribution in [0.2, 0.25) is 0 Å². The number of hydrogen-bond acceptors (Lipinski definition) is 4. The molecule has 1 unspecified atom stereocenters. The van der Waals surface area contributed by atoms with Crippen LogP contribution in [0.3, 0.4) is 0 Å². The van der Waals surface area contributed by atoms with E-state index in [4.69, 9.17) is 4.74 Å². The monoisotopic (exact) mass is 339 g/mol. The van der Waals surface area contributed by atoms with E-state index in [2.05, 4.69) is 4.98 Å². The summed E-state index contributed by atoms with van der Waals surface area (Å²) < 4.78 is 5.30. The summed E-state index contributed by atoms with van der Waals surface area (Å²) in [6.45, 7) is 3.90. The summed E-state index contributed by atoms with van der Waals surface area (Å²) in [5, 5.41) is 0. The Kier molecular flexibility index (Phi) is 4.70. The smallest absolute Gasteiger partial charge is 0.328 e. The highest BCUT2D eigenvalue weighted by Gasteiger charge is 2.42. The summed E-state index contributed by atoms with van der Waals surface area (Å²) in [6, 6.07) is 10.2. The topological polar surface area (TPSA) is 62.7 Å². The average Bonchev–Trinajstić information content (AvgIpc) is 2.92. The number of aromatic nitrogens is 1. The third kappa shape index (κ3) is 3.20. The van der Waals surface area contributed by atoms with Crippen molar-refractivity contribution in [1.29, 1.82) is 0 Å². The van der Waals surface area contributed by atoms with Crippen molar-refractivity contribution in [2.24, 2.45) is 0 Å². The minimum Gasteiger partial charge on any atom is -0.497 e. The van der Waals surface area contributed by atoms with Gasteiger partial charge in [0, 0.05) is 18.4 Å². The first-order valence-corrected chi connectivity index (χ1v) is 8.19. The quantitative estimate of drug-likeness (QED) is 0.786. The first-order valence-electron chi connectivity index (χ1n) is 8.19. The van der Waals surface area contributed by atoms with Crippen molar-refractivity contribution in [3.63, 3.8) is 0 Å². The van der Waals surface area contributed by atoms with Gasteiger partial charge in [0.05, 0.1) is 13.2 Å². The minimum atomic E-state index is -0.535. The lowest BCUT2D eigenvalue weighted by molar-refractivity contribution is -0.126. The van der Waals surface area contributed by atoms with Crippen molar-refractivity contribution in [1.82, 2.24) is 14.8 Å². The molecule has 3 rings (SSSR count). The van der Waals surface area contributed by atoms with Gasteiger partial charge in [-0.05, 0) is 43.2 Å². The van der Waals surface area contributed by atoms with Gasteiger partial charge in [-0.15, -0.1) is 0 Å². The molecule has 0 aliphatic carbocycles. The van der Waals surface area contributed by atoms with E-state index in [0.29, 0.717) is 5.75 Å². The number of carbonyl (C=O) groups excluding carboxylic acids is 2. The van der Waals surface area contributed by atoms with Gasteiger partial charge in [0.15, 0.2) is 0 Å². The molecule has 1 fully saturated rings. The van der Waals surface area contributed by atoms with Crippen LogP contribution < -0.4 is 4.74 Å². The summed E-state index contributed by atoms with van der Waals surface area (Å²) in [4.78, 5) is 32.6. The molecule has 6 nitrogen and oxygen atoms in total. The summed E-state index contributed by atoms with van der Waals surface area (Å²) in [6.07, 6.45) is 3.35. The molecule has 6 heteroatoms. The number of methoxy groups -OCH3 is 1. The Hall–Kier alpha value is -2.89. The molecule has 0 spiro atoms. The van der Waals surface area contributed by atoms with Crippen LogP contribution in [0.4, 0.5) is 4.79 Å². The zero-order valence-corrected chi connectivity index (χ0v) is 14.5. The predicted molar refractivity (Wildman–Crippen MR) is 93.2 cm³/mol. The first kappa shape index (κ1) is 17.0. The van der Waals surface area contributed by atoms with Crippen LogP contribution >= 0.6 is 0 Å². The SMILES string of the molecule is COc1cccc(C(c2cccnc2)N2C(=O)CN(C(C)C)C2=O)c1. The van der Waals surface area contributed by atoms with Crippen LogP contribution in [0.1, 0.15) is 31.0 Å². The second-order valence-corrected chi connectivity index (χ2v) is 6.23. The molecule has 1 aliphatic heterocycles. The maximum atomic E-state index is 12.9. The zero-order chi connectivity index (χ0) is 18.0. The molecule has 1 saturated heterocycles. The molecule has 1 aromatic heterocycles. The molecule has 2 heterocycles. The third-order valence-corrected chi connectivity index (χ3v) is 4.32. The number of urea groups is 1. The van der Waals surface area contributed by atoms with E-state index in [1.54, 1.807) is 30.5 Å². The normalized spacial score (nSPS) is 15.8. The van der Waals surface area contributed by atoms with Gasteiger partial charge >= 0.3 is 6.03 Å². The van der Waals surface area contributed by atoms with Gasteiger partial charge in [-0.2, -0.15) is 0 Å². The third-order valence-electron chi connectivity index (χ3n) is 4.32.